The molecule has 3 aromatic rings. The quantitative estimate of drug-likeness (QED) is 0.516. The van der Waals surface area contributed by atoms with Crippen LogP contribution in [0.3, 0.4) is 0 Å². The Kier molecular flexibility index (Phi) is 5.33. The number of carbonyl (C=O) groups is 2. The first-order valence-corrected chi connectivity index (χ1v) is 9.47. The lowest BCUT2D eigenvalue weighted by molar-refractivity contribution is 0.0323. The summed E-state index contributed by atoms with van der Waals surface area (Å²) in [5.74, 6) is -0.504. The molecule has 2 N–H and O–H groups in total. The van der Waals surface area contributed by atoms with Crippen LogP contribution in [0.2, 0.25) is 0 Å². The van der Waals surface area contributed by atoms with Gasteiger partial charge in [-0.2, -0.15) is 4.98 Å². The second-order valence-corrected chi connectivity index (χ2v) is 7.61. The van der Waals surface area contributed by atoms with Gasteiger partial charge in [-0.3, -0.25) is 4.79 Å². The van der Waals surface area contributed by atoms with Crippen LogP contribution in [0.1, 0.15) is 43.6 Å². The Balaban J connectivity index is 1.83. The summed E-state index contributed by atoms with van der Waals surface area (Å²) in [5, 5.41) is 0.567. The van der Waals surface area contributed by atoms with Crippen molar-refractivity contribution in [3.05, 3.63) is 45.3 Å². The summed E-state index contributed by atoms with van der Waals surface area (Å²) in [6.45, 7) is 7.38. The zero-order valence-corrected chi connectivity index (χ0v) is 17.1. The van der Waals surface area contributed by atoms with Gasteiger partial charge in [-0.05, 0) is 56.5 Å². The average Bonchev–Trinajstić information content (AvgIpc) is 3.07. The van der Waals surface area contributed by atoms with Crippen molar-refractivity contribution in [1.29, 1.82) is 0 Å². The van der Waals surface area contributed by atoms with Gasteiger partial charge in [0.15, 0.2) is 6.10 Å². The highest BCUT2D eigenvalue weighted by molar-refractivity contribution is 7.20. The second kappa shape index (κ2) is 7.55. The van der Waals surface area contributed by atoms with Gasteiger partial charge in [-0.25, -0.2) is 9.78 Å². The molecule has 0 aliphatic carbocycles. The number of ketones is 1. The first-order chi connectivity index (χ1) is 13.2. The number of fused-ring (bicyclic) bond motifs is 1. The molecule has 0 fully saturated rings. The van der Waals surface area contributed by atoms with Gasteiger partial charge in [0.1, 0.15) is 9.71 Å². The number of nitrogens with zero attached hydrogens (tertiary/aromatic N) is 2. The molecule has 3 rings (SSSR count). The Hall–Kier alpha value is -3.00. The molecule has 28 heavy (non-hydrogen) atoms. The Bertz CT molecular complexity index is 1090. The maximum Gasteiger partial charge on any atom is 0.349 e. The van der Waals surface area contributed by atoms with Crippen LogP contribution in [0, 0.1) is 20.8 Å². The van der Waals surface area contributed by atoms with E-state index in [1.165, 1.54) is 7.11 Å². The SMILES string of the molecule is COc1nc(N)nc2sc(C(=O)O[C@@H](C)C(=O)c3cc(C)c(C)cc3C)cc12. The van der Waals surface area contributed by atoms with Gasteiger partial charge >= 0.3 is 5.97 Å². The van der Waals surface area contributed by atoms with Crippen molar-refractivity contribution in [3.8, 4) is 5.88 Å². The molecule has 0 aliphatic rings. The van der Waals surface area contributed by atoms with Crippen LogP contribution in [-0.4, -0.2) is 34.9 Å². The lowest BCUT2D eigenvalue weighted by atomic mass is 9.96. The van der Waals surface area contributed by atoms with Crippen LogP contribution in [0.15, 0.2) is 18.2 Å². The van der Waals surface area contributed by atoms with E-state index in [0.29, 0.717) is 20.7 Å². The highest BCUT2D eigenvalue weighted by Gasteiger charge is 2.24. The van der Waals surface area contributed by atoms with Gasteiger partial charge in [0.25, 0.3) is 0 Å². The minimum Gasteiger partial charge on any atom is -0.480 e. The topological polar surface area (TPSA) is 104 Å². The van der Waals surface area contributed by atoms with Crippen LogP contribution in [0.4, 0.5) is 5.95 Å². The van der Waals surface area contributed by atoms with Gasteiger partial charge in [-0.15, -0.1) is 11.3 Å². The molecule has 0 saturated carbocycles. The van der Waals surface area contributed by atoms with Crippen LogP contribution in [0.25, 0.3) is 10.2 Å². The molecule has 0 aliphatic heterocycles. The summed E-state index contributed by atoms with van der Waals surface area (Å²) in [4.78, 5) is 34.3. The summed E-state index contributed by atoms with van der Waals surface area (Å²) in [7, 11) is 1.46. The Morgan fingerprint density at radius 3 is 2.43 bits per heavy atom. The van der Waals surface area contributed by atoms with E-state index < -0.39 is 12.1 Å². The molecule has 1 atom stereocenters. The van der Waals surface area contributed by atoms with E-state index in [0.717, 1.165) is 28.0 Å². The zero-order chi connectivity index (χ0) is 20.6. The van der Waals surface area contributed by atoms with Crippen molar-refractivity contribution in [1.82, 2.24) is 9.97 Å². The largest absolute Gasteiger partial charge is 0.480 e. The molecule has 7 nitrogen and oxygen atoms in total. The van der Waals surface area contributed by atoms with Gasteiger partial charge in [0.2, 0.25) is 17.6 Å². The summed E-state index contributed by atoms with van der Waals surface area (Å²) < 4.78 is 10.6. The number of benzene rings is 1. The van der Waals surface area contributed by atoms with Crippen molar-refractivity contribution < 1.29 is 19.1 Å². The molecule has 2 aromatic heterocycles. The van der Waals surface area contributed by atoms with Crippen LogP contribution in [0.5, 0.6) is 5.88 Å². The number of hydrogen-bond acceptors (Lipinski definition) is 8. The molecule has 0 bridgehead atoms. The lowest BCUT2D eigenvalue weighted by Gasteiger charge is -2.14. The third-order valence-corrected chi connectivity index (χ3v) is 5.54. The summed E-state index contributed by atoms with van der Waals surface area (Å²) in [6.07, 6.45) is -0.920. The minimum atomic E-state index is -0.920. The number of rotatable bonds is 5. The molecule has 0 unspecified atom stereocenters. The van der Waals surface area contributed by atoms with Crippen LogP contribution >= 0.6 is 11.3 Å². The number of carbonyl (C=O) groups excluding carboxylic acids is 2. The summed E-state index contributed by atoms with van der Waals surface area (Å²) in [6, 6.07) is 5.37. The molecule has 146 valence electrons. The maximum absolute atomic E-state index is 12.8. The predicted octanol–water partition coefficient (Wildman–Crippen LogP) is 3.64. The lowest BCUT2D eigenvalue weighted by Crippen LogP contribution is -2.25. The summed E-state index contributed by atoms with van der Waals surface area (Å²) in [5.41, 5.74) is 9.19. The van der Waals surface area contributed by atoms with Crippen molar-refractivity contribution in [2.24, 2.45) is 0 Å². The highest BCUT2D eigenvalue weighted by atomic mass is 32.1. The van der Waals surface area contributed by atoms with Gasteiger partial charge < -0.3 is 15.2 Å². The van der Waals surface area contributed by atoms with E-state index in [4.69, 9.17) is 15.2 Å². The second-order valence-electron chi connectivity index (χ2n) is 6.58. The van der Waals surface area contributed by atoms with E-state index in [9.17, 15) is 9.59 Å². The monoisotopic (exact) mass is 399 g/mol. The van der Waals surface area contributed by atoms with Gasteiger partial charge in [-0.1, -0.05) is 6.07 Å². The number of hydrogen-bond donors (Lipinski definition) is 1. The van der Waals surface area contributed by atoms with Crippen molar-refractivity contribution in [2.75, 3.05) is 12.8 Å². The molecular weight excluding hydrogens is 378 g/mol. The Morgan fingerprint density at radius 2 is 1.75 bits per heavy atom. The number of aryl methyl sites for hydroxylation is 3. The van der Waals surface area contributed by atoms with Crippen molar-refractivity contribution >= 4 is 39.3 Å². The van der Waals surface area contributed by atoms with E-state index in [1.54, 1.807) is 13.0 Å². The average molecular weight is 399 g/mol. The van der Waals surface area contributed by atoms with Crippen molar-refractivity contribution in [2.45, 2.75) is 33.8 Å². The van der Waals surface area contributed by atoms with Gasteiger partial charge in [0.05, 0.1) is 12.5 Å². The van der Waals surface area contributed by atoms with E-state index >= 15 is 0 Å². The Labute approximate surface area is 166 Å². The standard InChI is InChI=1S/C20H21N3O4S/c1-9-6-11(3)13(7-10(9)2)16(24)12(4)27-19(25)15-8-14-17(26-5)22-20(21)23-18(14)28-15/h6-8,12H,1-5H3,(H2,21,22,23)/t12-/m0/s1. The smallest absolute Gasteiger partial charge is 0.349 e. The number of esters is 1. The number of ether oxygens (including phenoxy) is 2. The summed E-state index contributed by atoms with van der Waals surface area (Å²) >= 11 is 1.11. The fourth-order valence-electron chi connectivity index (χ4n) is 2.88. The van der Waals surface area contributed by atoms with E-state index in [1.807, 2.05) is 32.9 Å². The molecule has 0 saturated heterocycles. The number of Topliss-reactive ketones (excluding diaryl/α,β-unsaturated/α-hetero) is 1. The molecular formula is C20H21N3O4S. The fourth-order valence-corrected chi connectivity index (χ4v) is 3.80. The van der Waals surface area contributed by atoms with Crippen molar-refractivity contribution in [3.63, 3.8) is 0 Å². The molecule has 0 spiro atoms. The molecule has 2 heterocycles. The molecule has 1 aromatic carbocycles. The fraction of sp³-hybridized carbons (Fsp3) is 0.300. The molecule has 8 heteroatoms. The number of nitrogens with two attached hydrogens (primary N) is 1. The van der Waals surface area contributed by atoms with Crippen LogP contribution < -0.4 is 10.5 Å². The van der Waals surface area contributed by atoms with Gasteiger partial charge in [0, 0.05) is 5.56 Å². The predicted molar refractivity (Wildman–Crippen MR) is 108 cm³/mol. The normalized spacial score (nSPS) is 12.0. The Morgan fingerprint density at radius 1 is 1.07 bits per heavy atom. The third kappa shape index (κ3) is 3.68. The number of anilines is 1. The molecule has 0 amide bonds. The third-order valence-electron chi connectivity index (χ3n) is 4.53. The molecule has 0 radical (unpaired) electrons. The number of aromatic nitrogens is 2. The van der Waals surface area contributed by atoms with E-state index in [2.05, 4.69) is 9.97 Å². The zero-order valence-electron chi connectivity index (χ0n) is 16.3. The number of methoxy groups -OCH3 is 1. The number of nitrogen functional groups attached to an aromatic ring is 1. The van der Waals surface area contributed by atoms with Crippen LogP contribution in [-0.2, 0) is 4.74 Å². The first kappa shape index (κ1) is 19.8. The minimum absolute atomic E-state index is 0.0554. The first-order valence-electron chi connectivity index (χ1n) is 8.65. The van der Waals surface area contributed by atoms with E-state index in [-0.39, 0.29) is 17.6 Å². The highest BCUT2D eigenvalue weighted by Crippen LogP contribution is 2.31. The number of thiophene rings is 1. The maximum atomic E-state index is 12.8.